The zero-order valence-corrected chi connectivity index (χ0v) is 17.4. The lowest BCUT2D eigenvalue weighted by Gasteiger charge is -2.08. The number of aromatic nitrogens is 2. The first-order valence-corrected chi connectivity index (χ1v) is 9.82. The van der Waals surface area contributed by atoms with Crippen molar-refractivity contribution < 1.29 is 13.9 Å². The number of hydrogen-bond acceptors (Lipinski definition) is 5. The number of rotatable bonds is 5. The number of carbonyl (C=O) groups is 1. The summed E-state index contributed by atoms with van der Waals surface area (Å²) in [5.74, 6) is -0.0893. The van der Waals surface area contributed by atoms with Crippen LogP contribution >= 0.6 is 0 Å². The molecule has 0 aliphatic heterocycles. The largest absolute Gasteiger partial charge is 0.490 e. The maximum Gasteiger partial charge on any atom is 0.295 e. The molecule has 0 saturated heterocycles. The maximum atomic E-state index is 13.0. The van der Waals surface area contributed by atoms with Crippen LogP contribution in [0.4, 0.5) is 5.69 Å². The average molecular weight is 418 g/mol. The molecule has 2 aromatic heterocycles. The van der Waals surface area contributed by atoms with Gasteiger partial charge < -0.3 is 14.5 Å². The van der Waals surface area contributed by atoms with Crippen molar-refractivity contribution in [2.75, 3.05) is 11.9 Å². The third kappa shape index (κ3) is 3.52. The van der Waals surface area contributed by atoms with Gasteiger partial charge in [-0.15, -0.1) is 0 Å². The average Bonchev–Trinajstić information content (AvgIpc) is 2.97. The monoisotopic (exact) mass is 418 g/mol. The minimum atomic E-state index is -0.594. The van der Waals surface area contributed by atoms with Crippen molar-refractivity contribution in [1.29, 1.82) is 5.41 Å². The van der Waals surface area contributed by atoms with E-state index in [9.17, 15) is 9.59 Å². The van der Waals surface area contributed by atoms with Gasteiger partial charge in [0.15, 0.2) is 11.3 Å². The Labute approximate surface area is 177 Å². The van der Waals surface area contributed by atoms with Gasteiger partial charge in [0, 0.05) is 12.4 Å². The van der Waals surface area contributed by atoms with E-state index in [1.807, 2.05) is 37.3 Å². The van der Waals surface area contributed by atoms with Crippen LogP contribution in [-0.2, 0) is 7.05 Å². The first kappa shape index (κ1) is 20.2. The second kappa shape index (κ2) is 7.98. The van der Waals surface area contributed by atoms with E-state index in [2.05, 4.69) is 5.32 Å². The van der Waals surface area contributed by atoms with E-state index < -0.39 is 5.91 Å². The predicted octanol–water partition coefficient (Wildman–Crippen LogP) is 3.36. The van der Waals surface area contributed by atoms with E-state index in [1.54, 1.807) is 42.9 Å². The Morgan fingerprint density at radius 3 is 2.61 bits per heavy atom. The van der Waals surface area contributed by atoms with Crippen molar-refractivity contribution in [1.82, 2.24) is 9.36 Å². The number of ether oxygens (including phenoxy) is 1. The highest BCUT2D eigenvalue weighted by molar-refractivity contribution is 6.05. The van der Waals surface area contributed by atoms with Crippen LogP contribution in [0.5, 0.6) is 5.75 Å². The standard InChI is InChI=1S/C23H22N4O4/c1-4-30-18-12-8-9-15-13-17(21(24)31-20(15)18)22(28)25-19-14(2)26(3)27(23(19)29)16-10-6-5-7-11-16/h5-13,24H,4H2,1-3H3,(H,25,28). The smallest absolute Gasteiger partial charge is 0.295 e. The van der Waals surface area contributed by atoms with Gasteiger partial charge in [-0.3, -0.25) is 19.7 Å². The maximum absolute atomic E-state index is 13.0. The third-order valence-electron chi connectivity index (χ3n) is 5.10. The molecule has 0 fully saturated rings. The molecule has 0 aliphatic carbocycles. The number of amides is 1. The molecule has 1 amide bonds. The number of nitrogens with zero attached hydrogens (tertiary/aromatic N) is 2. The molecule has 0 atom stereocenters. The Morgan fingerprint density at radius 2 is 1.90 bits per heavy atom. The molecule has 31 heavy (non-hydrogen) atoms. The van der Waals surface area contributed by atoms with Gasteiger partial charge in [0.05, 0.1) is 18.0 Å². The number of benzene rings is 2. The lowest BCUT2D eigenvalue weighted by atomic mass is 10.1. The number of fused-ring (bicyclic) bond motifs is 1. The summed E-state index contributed by atoms with van der Waals surface area (Å²) >= 11 is 0. The van der Waals surface area contributed by atoms with Crippen LogP contribution in [0.25, 0.3) is 16.7 Å². The second-order valence-electron chi connectivity index (χ2n) is 6.99. The molecule has 0 unspecified atom stereocenters. The van der Waals surface area contributed by atoms with Crippen molar-refractivity contribution >= 4 is 22.6 Å². The highest BCUT2D eigenvalue weighted by Gasteiger charge is 2.20. The summed E-state index contributed by atoms with van der Waals surface area (Å²) in [7, 11) is 1.75. The van der Waals surface area contributed by atoms with Crippen molar-refractivity contribution in [3.05, 3.63) is 81.8 Å². The minimum absolute atomic E-state index is 0.0232. The Hall–Kier alpha value is -4.07. The fourth-order valence-electron chi connectivity index (χ4n) is 3.46. The summed E-state index contributed by atoms with van der Waals surface area (Å²) in [6.07, 6.45) is 0. The molecule has 0 bridgehead atoms. The van der Waals surface area contributed by atoms with E-state index in [1.165, 1.54) is 4.68 Å². The van der Waals surface area contributed by atoms with E-state index in [0.717, 1.165) is 0 Å². The van der Waals surface area contributed by atoms with E-state index >= 15 is 0 Å². The van der Waals surface area contributed by atoms with Gasteiger partial charge in [0.1, 0.15) is 11.3 Å². The van der Waals surface area contributed by atoms with Gasteiger partial charge in [-0.25, -0.2) is 4.68 Å². The third-order valence-corrected chi connectivity index (χ3v) is 5.10. The second-order valence-corrected chi connectivity index (χ2v) is 6.99. The fraction of sp³-hybridized carbons (Fsp3) is 0.174. The van der Waals surface area contributed by atoms with Gasteiger partial charge in [-0.05, 0) is 38.1 Å². The molecular formula is C23H22N4O4. The summed E-state index contributed by atoms with van der Waals surface area (Å²) in [6, 6.07) is 16.0. The van der Waals surface area contributed by atoms with Gasteiger partial charge >= 0.3 is 0 Å². The SMILES string of the molecule is CCOc1cccc2cc(C(=O)Nc3c(C)n(C)n(-c4ccccc4)c3=O)c(=N)oc12. The van der Waals surface area contributed by atoms with Crippen molar-refractivity contribution in [3.63, 3.8) is 0 Å². The van der Waals surface area contributed by atoms with Crippen LogP contribution in [0, 0.1) is 12.3 Å². The molecule has 0 spiro atoms. The number of anilines is 1. The molecule has 4 aromatic rings. The lowest BCUT2D eigenvalue weighted by Crippen LogP contribution is -2.25. The van der Waals surface area contributed by atoms with Crippen LogP contribution < -0.4 is 21.2 Å². The Morgan fingerprint density at radius 1 is 1.16 bits per heavy atom. The molecule has 8 heteroatoms. The van der Waals surface area contributed by atoms with E-state index in [4.69, 9.17) is 14.6 Å². The molecule has 2 N–H and O–H groups in total. The van der Waals surface area contributed by atoms with E-state index in [0.29, 0.717) is 34.7 Å². The van der Waals surface area contributed by atoms with Gasteiger partial charge in [0.2, 0.25) is 5.55 Å². The molecular weight excluding hydrogens is 396 g/mol. The summed E-state index contributed by atoms with van der Waals surface area (Å²) in [6.45, 7) is 4.05. The zero-order chi connectivity index (χ0) is 22.1. The number of hydrogen-bond donors (Lipinski definition) is 2. The van der Waals surface area contributed by atoms with Gasteiger partial charge in [-0.1, -0.05) is 30.3 Å². The predicted molar refractivity (Wildman–Crippen MR) is 117 cm³/mol. The Bertz CT molecular complexity index is 1400. The molecule has 0 aliphatic rings. The molecule has 2 aromatic carbocycles. The highest BCUT2D eigenvalue weighted by Crippen LogP contribution is 2.25. The topological polar surface area (TPSA) is 102 Å². The van der Waals surface area contributed by atoms with Crippen LogP contribution in [-0.4, -0.2) is 21.9 Å². The van der Waals surface area contributed by atoms with Crippen LogP contribution in [0.2, 0.25) is 0 Å². The first-order valence-electron chi connectivity index (χ1n) is 9.82. The quantitative estimate of drug-likeness (QED) is 0.519. The first-order chi connectivity index (χ1) is 14.9. The Balaban J connectivity index is 1.74. The zero-order valence-electron chi connectivity index (χ0n) is 17.4. The van der Waals surface area contributed by atoms with Crippen molar-refractivity contribution in [2.45, 2.75) is 13.8 Å². The lowest BCUT2D eigenvalue weighted by molar-refractivity contribution is 0.102. The molecule has 2 heterocycles. The fourth-order valence-corrected chi connectivity index (χ4v) is 3.46. The van der Waals surface area contributed by atoms with Crippen molar-refractivity contribution in [3.8, 4) is 11.4 Å². The normalized spacial score (nSPS) is 10.9. The summed E-state index contributed by atoms with van der Waals surface area (Å²) < 4.78 is 14.3. The summed E-state index contributed by atoms with van der Waals surface area (Å²) in [5, 5.41) is 11.5. The highest BCUT2D eigenvalue weighted by atomic mass is 16.5. The van der Waals surface area contributed by atoms with Gasteiger partial charge in [-0.2, -0.15) is 0 Å². The molecule has 0 radical (unpaired) electrons. The molecule has 0 saturated carbocycles. The Kier molecular flexibility index (Phi) is 5.21. The minimum Gasteiger partial charge on any atom is -0.490 e. The molecule has 8 nitrogen and oxygen atoms in total. The van der Waals surface area contributed by atoms with E-state index in [-0.39, 0.29) is 22.4 Å². The molecule has 158 valence electrons. The number of nitrogens with one attached hydrogen (secondary N) is 2. The summed E-state index contributed by atoms with van der Waals surface area (Å²) in [4.78, 5) is 26.0. The van der Waals surface area contributed by atoms with Crippen molar-refractivity contribution in [2.24, 2.45) is 7.05 Å². The molecule has 4 rings (SSSR count). The van der Waals surface area contributed by atoms with Crippen LogP contribution in [0.1, 0.15) is 23.0 Å². The van der Waals surface area contributed by atoms with Gasteiger partial charge in [0.25, 0.3) is 11.5 Å². The number of carbonyl (C=O) groups excluding carboxylic acids is 1. The number of para-hydroxylation sites is 2. The summed E-state index contributed by atoms with van der Waals surface area (Å²) in [5.41, 5.74) is 1.17. The van der Waals surface area contributed by atoms with Crippen LogP contribution in [0.3, 0.4) is 0 Å². The van der Waals surface area contributed by atoms with Crippen LogP contribution in [0.15, 0.2) is 63.8 Å².